The minimum Gasteiger partial charge on any atom is -0.420 e. The topological polar surface area (TPSA) is 105 Å². The summed E-state index contributed by atoms with van der Waals surface area (Å²) in [7, 11) is -2.07. The van der Waals surface area contributed by atoms with Gasteiger partial charge in [-0.05, 0) is 49.0 Å². The second-order valence-corrected chi connectivity index (χ2v) is 9.93. The van der Waals surface area contributed by atoms with Crippen molar-refractivity contribution in [1.82, 2.24) is 19.8 Å². The van der Waals surface area contributed by atoms with E-state index in [1.807, 2.05) is 22.4 Å². The van der Waals surface area contributed by atoms with Crippen LogP contribution in [0.2, 0.25) is 0 Å². The predicted molar refractivity (Wildman–Crippen MR) is 113 cm³/mol. The Bertz CT molecular complexity index is 1110. The van der Waals surface area contributed by atoms with E-state index >= 15 is 0 Å². The predicted octanol–water partition coefficient (Wildman–Crippen LogP) is 2.65. The van der Waals surface area contributed by atoms with Gasteiger partial charge in [-0.1, -0.05) is 18.2 Å². The SMILES string of the molecule is CNS(=O)(=O)c1ccc(CCC(=O)N2CC[C@H](c3nnc(-c4cccs4)o3)C2)cc1. The molecule has 1 N–H and O–H groups in total. The van der Waals surface area contributed by atoms with Crippen molar-refractivity contribution < 1.29 is 17.6 Å². The largest absolute Gasteiger partial charge is 0.420 e. The number of aryl methyl sites for hydroxylation is 1. The Morgan fingerprint density at radius 1 is 1.27 bits per heavy atom. The highest BCUT2D eigenvalue weighted by Gasteiger charge is 2.31. The zero-order chi connectivity index (χ0) is 21.1. The fourth-order valence-electron chi connectivity index (χ4n) is 3.45. The second kappa shape index (κ2) is 8.66. The smallest absolute Gasteiger partial charge is 0.257 e. The van der Waals surface area contributed by atoms with Gasteiger partial charge in [0.1, 0.15) is 0 Å². The first kappa shape index (κ1) is 20.7. The van der Waals surface area contributed by atoms with Crippen LogP contribution in [-0.4, -0.2) is 49.6 Å². The maximum absolute atomic E-state index is 12.6. The second-order valence-electron chi connectivity index (χ2n) is 7.10. The van der Waals surface area contributed by atoms with Crippen LogP contribution in [0.25, 0.3) is 10.8 Å². The van der Waals surface area contributed by atoms with Gasteiger partial charge in [0.25, 0.3) is 5.89 Å². The molecule has 4 rings (SSSR count). The number of carbonyl (C=O) groups excluding carboxylic acids is 1. The highest BCUT2D eigenvalue weighted by Crippen LogP contribution is 2.30. The number of benzene rings is 1. The van der Waals surface area contributed by atoms with E-state index in [9.17, 15) is 13.2 Å². The van der Waals surface area contributed by atoms with Crippen LogP contribution in [0, 0.1) is 0 Å². The first-order valence-corrected chi connectivity index (χ1v) is 12.0. The van der Waals surface area contributed by atoms with Crippen LogP contribution in [-0.2, 0) is 21.2 Å². The highest BCUT2D eigenvalue weighted by atomic mass is 32.2. The molecule has 0 unspecified atom stereocenters. The molecule has 1 aliphatic heterocycles. The van der Waals surface area contributed by atoms with Gasteiger partial charge in [0, 0.05) is 19.5 Å². The van der Waals surface area contributed by atoms with Gasteiger partial charge in [0.05, 0.1) is 15.7 Å². The summed E-state index contributed by atoms with van der Waals surface area (Å²) < 4.78 is 31.7. The number of carbonyl (C=O) groups is 1. The average Bonchev–Trinajstić information content (AvgIpc) is 3.52. The molecule has 3 aromatic rings. The normalized spacial score (nSPS) is 16.8. The lowest BCUT2D eigenvalue weighted by molar-refractivity contribution is -0.130. The standard InChI is InChI=1S/C20H22N4O4S2/c1-21-30(26,27)16-7-4-14(5-8-16)6-9-18(25)24-11-10-15(13-24)19-22-23-20(28-19)17-3-2-12-29-17/h2-5,7-8,12,15,21H,6,9-11,13H2,1H3/t15-/m0/s1. The van der Waals surface area contributed by atoms with E-state index in [2.05, 4.69) is 14.9 Å². The number of nitrogens with zero attached hydrogens (tertiary/aromatic N) is 3. The van der Waals surface area contributed by atoms with Gasteiger partial charge in [-0.3, -0.25) is 4.79 Å². The Balaban J connectivity index is 1.31. The molecule has 0 radical (unpaired) electrons. The number of nitrogens with one attached hydrogen (secondary N) is 1. The van der Waals surface area contributed by atoms with Crippen LogP contribution < -0.4 is 4.72 Å². The third-order valence-electron chi connectivity index (χ3n) is 5.19. The monoisotopic (exact) mass is 446 g/mol. The summed E-state index contributed by atoms with van der Waals surface area (Å²) in [6, 6.07) is 10.5. The van der Waals surface area contributed by atoms with E-state index in [0.717, 1.165) is 16.9 Å². The van der Waals surface area contributed by atoms with E-state index in [1.54, 1.807) is 35.6 Å². The number of hydrogen-bond acceptors (Lipinski definition) is 7. The zero-order valence-electron chi connectivity index (χ0n) is 16.4. The third-order valence-corrected chi connectivity index (χ3v) is 7.48. The summed E-state index contributed by atoms with van der Waals surface area (Å²) in [5, 5.41) is 10.3. The van der Waals surface area contributed by atoms with Gasteiger partial charge in [0.15, 0.2) is 0 Å². The molecule has 0 aliphatic carbocycles. The maximum Gasteiger partial charge on any atom is 0.257 e. The Labute approximate surface area is 179 Å². The lowest BCUT2D eigenvalue weighted by Crippen LogP contribution is -2.28. The summed E-state index contributed by atoms with van der Waals surface area (Å²) in [5.74, 6) is 1.23. The number of thiophene rings is 1. The van der Waals surface area contributed by atoms with Crippen LogP contribution in [0.4, 0.5) is 0 Å². The quantitative estimate of drug-likeness (QED) is 0.598. The molecule has 8 nitrogen and oxygen atoms in total. The minimum atomic E-state index is -3.45. The lowest BCUT2D eigenvalue weighted by Gasteiger charge is -2.15. The van der Waals surface area contributed by atoms with E-state index in [-0.39, 0.29) is 16.7 Å². The molecule has 1 amide bonds. The van der Waals surface area contributed by atoms with Crippen molar-refractivity contribution in [2.75, 3.05) is 20.1 Å². The van der Waals surface area contributed by atoms with Crippen LogP contribution in [0.5, 0.6) is 0 Å². The van der Waals surface area contributed by atoms with Crippen molar-refractivity contribution in [2.24, 2.45) is 0 Å². The number of aromatic nitrogens is 2. The molecule has 2 aromatic heterocycles. The molecule has 0 bridgehead atoms. The Morgan fingerprint density at radius 2 is 2.07 bits per heavy atom. The minimum absolute atomic E-state index is 0.0567. The van der Waals surface area contributed by atoms with E-state index in [0.29, 0.717) is 37.7 Å². The van der Waals surface area contributed by atoms with Crippen molar-refractivity contribution in [3.63, 3.8) is 0 Å². The van der Waals surface area contributed by atoms with E-state index in [1.165, 1.54) is 7.05 Å². The zero-order valence-corrected chi connectivity index (χ0v) is 18.1. The van der Waals surface area contributed by atoms with Crippen LogP contribution >= 0.6 is 11.3 Å². The average molecular weight is 447 g/mol. The van der Waals surface area contributed by atoms with Crippen molar-refractivity contribution >= 4 is 27.3 Å². The fourth-order valence-corrected chi connectivity index (χ4v) is 4.82. The lowest BCUT2D eigenvalue weighted by atomic mass is 10.1. The van der Waals surface area contributed by atoms with Crippen molar-refractivity contribution in [1.29, 1.82) is 0 Å². The van der Waals surface area contributed by atoms with Crippen LogP contribution in [0.3, 0.4) is 0 Å². The van der Waals surface area contributed by atoms with Gasteiger partial charge in [-0.25, -0.2) is 13.1 Å². The summed E-state index contributed by atoms with van der Waals surface area (Å²) in [6.07, 6.45) is 1.73. The third kappa shape index (κ3) is 4.45. The highest BCUT2D eigenvalue weighted by molar-refractivity contribution is 7.89. The van der Waals surface area contributed by atoms with Gasteiger partial charge in [-0.15, -0.1) is 21.5 Å². The molecule has 0 saturated carbocycles. The molecule has 1 saturated heterocycles. The number of amides is 1. The van der Waals surface area contributed by atoms with Crippen molar-refractivity contribution in [3.05, 3.63) is 53.2 Å². The first-order chi connectivity index (χ1) is 14.5. The van der Waals surface area contributed by atoms with Gasteiger partial charge < -0.3 is 9.32 Å². The van der Waals surface area contributed by atoms with Crippen molar-refractivity contribution in [2.45, 2.75) is 30.1 Å². The van der Waals surface area contributed by atoms with Gasteiger partial charge in [0.2, 0.25) is 21.8 Å². The molecular weight excluding hydrogens is 424 g/mol. The van der Waals surface area contributed by atoms with Gasteiger partial charge >= 0.3 is 0 Å². The molecule has 0 spiro atoms. The molecule has 1 atom stereocenters. The van der Waals surface area contributed by atoms with E-state index in [4.69, 9.17) is 4.42 Å². The molecule has 1 aliphatic rings. The molecule has 3 heterocycles. The van der Waals surface area contributed by atoms with Crippen molar-refractivity contribution in [3.8, 4) is 10.8 Å². The van der Waals surface area contributed by atoms with Gasteiger partial charge in [-0.2, -0.15) is 0 Å². The number of sulfonamides is 1. The fraction of sp³-hybridized carbons (Fsp3) is 0.350. The Kier molecular flexibility index (Phi) is 5.98. The Morgan fingerprint density at radius 3 is 2.77 bits per heavy atom. The Hall–Kier alpha value is -2.56. The molecule has 1 fully saturated rings. The number of likely N-dealkylation sites (tertiary alicyclic amines) is 1. The number of rotatable bonds is 7. The summed E-state index contributed by atoms with van der Waals surface area (Å²) >= 11 is 1.55. The first-order valence-electron chi connectivity index (χ1n) is 9.64. The summed E-state index contributed by atoms with van der Waals surface area (Å²) in [4.78, 5) is 15.6. The summed E-state index contributed by atoms with van der Waals surface area (Å²) in [5.41, 5.74) is 0.923. The molecule has 158 valence electrons. The molecule has 10 heteroatoms. The summed E-state index contributed by atoms with van der Waals surface area (Å²) in [6.45, 7) is 1.24. The number of hydrogen-bond donors (Lipinski definition) is 1. The van der Waals surface area contributed by atoms with Crippen LogP contribution in [0.1, 0.15) is 30.2 Å². The van der Waals surface area contributed by atoms with E-state index < -0.39 is 10.0 Å². The molecular formula is C20H22N4O4S2. The van der Waals surface area contributed by atoms with Crippen LogP contribution in [0.15, 0.2) is 51.1 Å². The molecule has 1 aromatic carbocycles. The maximum atomic E-state index is 12.6. The molecule has 30 heavy (non-hydrogen) atoms.